The molecule has 0 unspecified atom stereocenters. The van der Waals surface area contributed by atoms with Gasteiger partial charge in [-0.2, -0.15) is 0 Å². The highest BCUT2D eigenvalue weighted by molar-refractivity contribution is 5.92. The molecule has 126 valence electrons. The normalized spacial score (nSPS) is 23.5. The van der Waals surface area contributed by atoms with Crippen LogP contribution in [-0.2, 0) is 0 Å². The fraction of sp³-hybridized carbons (Fsp3) is 0.368. The van der Waals surface area contributed by atoms with Gasteiger partial charge in [0.15, 0.2) is 0 Å². The van der Waals surface area contributed by atoms with Crippen LogP contribution in [0.4, 0.5) is 0 Å². The van der Waals surface area contributed by atoms with Gasteiger partial charge in [-0.3, -0.25) is 9.78 Å². The van der Waals surface area contributed by atoms with E-state index in [1.54, 1.807) is 36.3 Å². The molecule has 1 N–H and O–H groups in total. The number of ether oxygens (including phenoxy) is 1. The van der Waals surface area contributed by atoms with E-state index in [0.29, 0.717) is 5.69 Å². The Kier molecular flexibility index (Phi) is 5.11. The van der Waals surface area contributed by atoms with Crippen LogP contribution in [0.15, 0.2) is 54.7 Å². The number of likely N-dealkylation sites (N-methyl/N-ethyl adjacent to an activating group) is 1. The average Bonchev–Trinajstić information content (AvgIpc) is 2.64. The molecule has 0 radical (unpaired) electrons. The minimum atomic E-state index is -0.725. The third-order valence-electron chi connectivity index (χ3n) is 4.50. The van der Waals surface area contributed by atoms with Gasteiger partial charge < -0.3 is 14.7 Å². The maximum atomic E-state index is 12.6. The molecular formula is C19H22N2O3. The van der Waals surface area contributed by atoms with Gasteiger partial charge in [-0.1, -0.05) is 24.3 Å². The fourth-order valence-electron chi connectivity index (χ4n) is 3.16. The molecular weight excluding hydrogens is 304 g/mol. The third kappa shape index (κ3) is 3.57. The molecule has 3 atom stereocenters. The highest BCUT2D eigenvalue weighted by Crippen LogP contribution is 2.27. The second-order valence-corrected chi connectivity index (χ2v) is 6.09. The van der Waals surface area contributed by atoms with E-state index in [4.69, 9.17) is 4.74 Å². The first-order valence-corrected chi connectivity index (χ1v) is 8.25. The topological polar surface area (TPSA) is 62.7 Å². The number of pyridine rings is 1. The molecule has 1 aromatic carbocycles. The number of hydrogen-bond donors (Lipinski definition) is 1. The van der Waals surface area contributed by atoms with E-state index in [9.17, 15) is 9.90 Å². The molecule has 0 aliphatic heterocycles. The van der Waals surface area contributed by atoms with Crippen LogP contribution in [0.2, 0.25) is 0 Å². The summed E-state index contributed by atoms with van der Waals surface area (Å²) in [7, 11) is 1.72. The average molecular weight is 326 g/mol. The van der Waals surface area contributed by atoms with Crippen molar-refractivity contribution in [2.45, 2.75) is 37.5 Å². The standard InChI is InChI=1S/C19H22N2O3/c1-21(19(23)15-10-5-6-13-20-15)16-11-7-12-17(18(16)22)24-14-8-3-2-4-9-14/h2-6,8-10,13,16-18,22H,7,11-12H2,1H3/t16-,17+,18+/m1/s1. The van der Waals surface area contributed by atoms with Crippen LogP contribution < -0.4 is 4.74 Å². The predicted molar refractivity (Wildman–Crippen MR) is 90.8 cm³/mol. The zero-order valence-corrected chi connectivity index (χ0v) is 13.7. The third-order valence-corrected chi connectivity index (χ3v) is 4.50. The quantitative estimate of drug-likeness (QED) is 0.938. The molecule has 1 aromatic heterocycles. The first kappa shape index (κ1) is 16.5. The number of benzene rings is 1. The number of para-hydroxylation sites is 1. The summed E-state index contributed by atoms with van der Waals surface area (Å²) in [6.45, 7) is 0. The SMILES string of the molecule is CN(C(=O)c1ccccn1)[C@@H]1CCC[C@H](Oc2ccccc2)[C@H]1O. The predicted octanol–water partition coefficient (Wildman–Crippen LogP) is 2.51. The number of aliphatic hydroxyl groups excluding tert-OH is 1. The van der Waals surface area contributed by atoms with Gasteiger partial charge in [-0.05, 0) is 43.5 Å². The van der Waals surface area contributed by atoms with Crippen molar-refractivity contribution in [3.05, 3.63) is 60.4 Å². The molecule has 1 aliphatic carbocycles. The second-order valence-electron chi connectivity index (χ2n) is 6.09. The van der Waals surface area contributed by atoms with Crippen molar-refractivity contribution >= 4 is 5.91 Å². The number of carbonyl (C=O) groups excluding carboxylic acids is 1. The molecule has 3 rings (SSSR count). The highest BCUT2D eigenvalue weighted by atomic mass is 16.5. The molecule has 1 aliphatic rings. The van der Waals surface area contributed by atoms with E-state index in [1.807, 2.05) is 30.3 Å². The van der Waals surface area contributed by atoms with Gasteiger partial charge >= 0.3 is 0 Å². The van der Waals surface area contributed by atoms with Crippen molar-refractivity contribution < 1.29 is 14.6 Å². The minimum Gasteiger partial charge on any atom is -0.488 e. The Bertz CT molecular complexity index is 663. The van der Waals surface area contributed by atoms with Crippen molar-refractivity contribution in [2.75, 3.05) is 7.05 Å². The largest absolute Gasteiger partial charge is 0.488 e. The number of aromatic nitrogens is 1. The maximum absolute atomic E-state index is 12.6. The summed E-state index contributed by atoms with van der Waals surface area (Å²) in [4.78, 5) is 18.3. The summed E-state index contributed by atoms with van der Waals surface area (Å²) in [6, 6.07) is 14.4. The number of carbonyl (C=O) groups is 1. The number of hydrogen-bond acceptors (Lipinski definition) is 4. The summed E-state index contributed by atoms with van der Waals surface area (Å²) >= 11 is 0. The summed E-state index contributed by atoms with van der Waals surface area (Å²) in [5.74, 6) is 0.556. The molecule has 1 saturated carbocycles. The monoisotopic (exact) mass is 326 g/mol. The van der Waals surface area contributed by atoms with E-state index in [2.05, 4.69) is 4.98 Å². The first-order valence-electron chi connectivity index (χ1n) is 8.25. The lowest BCUT2D eigenvalue weighted by atomic mass is 9.88. The van der Waals surface area contributed by atoms with Gasteiger partial charge in [0.05, 0.1) is 6.04 Å². The fourth-order valence-corrected chi connectivity index (χ4v) is 3.16. The van der Waals surface area contributed by atoms with Gasteiger partial charge in [-0.15, -0.1) is 0 Å². The van der Waals surface area contributed by atoms with Crippen LogP contribution in [0.5, 0.6) is 5.75 Å². The summed E-state index contributed by atoms with van der Waals surface area (Å²) in [6.07, 6.45) is 2.99. The molecule has 2 aromatic rings. The summed E-state index contributed by atoms with van der Waals surface area (Å²) < 4.78 is 5.93. The first-order chi connectivity index (χ1) is 11.7. The lowest BCUT2D eigenvalue weighted by molar-refractivity contribution is -0.0414. The Morgan fingerprint density at radius 2 is 1.92 bits per heavy atom. The van der Waals surface area contributed by atoms with Crippen molar-refractivity contribution in [3.63, 3.8) is 0 Å². The smallest absolute Gasteiger partial charge is 0.272 e. The molecule has 0 saturated heterocycles. The van der Waals surface area contributed by atoms with E-state index in [-0.39, 0.29) is 18.1 Å². The van der Waals surface area contributed by atoms with Gasteiger partial charge in [0.1, 0.15) is 23.7 Å². The Labute approximate surface area is 141 Å². The Morgan fingerprint density at radius 1 is 1.17 bits per heavy atom. The highest BCUT2D eigenvalue weighted by Gasteiger charge is 2.37. The van der Waals surface area contributed by atoms with Crippen molar-refractivity contribution in [3.8, 4) is 5.75 Å². The van der Waals surface area contributed by atoms with Gasteiger partial charge in [-0.25, -0.2) is 0 Å². The lowest BCUT2D eigenvalue weighted by Crippen LogP contribution is -2.53. The number of amides is 1. The molecule has 0 bridgehead atoms. The molecule has 1 amide bonds. The number of aliphatic hydroxyl groups is 1. The van der Waals surface area contributed by atoms with E-state index in [0.717, 1.165) is 25.0 Å². The van der Waals surface area contributed by atoms with Crippen molar-refractivity contribution in [1.82, 2.24) is 9.88 Å². The molecule has 1 heterocycles. The summed E-state index contributed by atoms with van der Waals surface area (Å²) in [5.41, 5.74) is 0.387. The maximum Gasteiger partial charge on any atom is 0.272 e. The van der Waals surface area contributed by atoms with Crippen LogP contribution in [0.3, 0.4) is 0 Å². The van der Waals surface area contributed by atoms with Gasteiger partial charge in [0.2, 0.25) is 0 Å². The lowest BCUT2D eigenvalue weighted by Gasteiger charge is -2.39. The number of rotatable bonds is 4. The van der Waals surface area contributed by atoms with Crippen molar-refractivity contribution in [1.29, 1.82) is 0 Å². The zero-order valence-electron chi connectivity index (χ0n) is 13.7. The van der Waals surface area contributed by atoms with Crippen LogP contribution >= 0.6 is 0 Å². The molecule has 24 heavy (non-hydrogen) atoms. The summed E-state index contributed by atoms with van der Waals surface area (Å²) in [5, 5.41) is 10.7. The van der Waals surface area contributed by atoms with E-state index in [1.165, 1.54) is 0 Å². The number of nitrogens with zero attached hydrogens (tertiary/aromatic N) is 2. The van der Waals surface area contributed by atoms with Crippen LogP contribution in [-0.4, -0.2) is 46.2 Å². The van der Waals surface area contributed by atoms with Crippen LogP contribution in [0.1, 0.15) is 29.8 Å². The van der Waals surface area contributed by atoms with Gasteiger partial charge in [0, 0.05) is 13.2 Å². The molecule has 5 heteroatoms. The van der Waals surface area contributed by atoms with Crippen molar-refractivity contribution in [2.24, 2.45) is 0 Å². The molecule has 5 nitrogen and oxygen atoms in total. The van der Waals surface area contributed by atoms with Gasteiger partial charge in [0.25, 0.3) is 5.91 Å². The van der Waals surface area contributed by atoms with Crippen LogP contribution in [0, 0.1) is 0 Å². The zero-order chi connectivity index (χ0) is 16.9. The Morgan fingerprint density at radius 3 is 2.62 bits per heavy atom. The van der Waals surface area contributed by atoms with E-state index < -0.39 is 6.10 Å². The van der Waals surface area contributed by atoms with E-state index >= 15 is 0 Å². The van der Waals surface area contributed by atoms with Crippen LogP contribution in [0.25, 0.3) is 0 Å². The molecule has 1 fully saturated rings. The Balaban J connectivity index is 1.70. The second kappa shape index (κ2) is 7.45. The Hall–Kier alpha value is -2.40. The molecule has 0 spiro atoms. The minimum absolute atomic E-state index is 0.181.